The highest BCUT2D eigenvalue weighted by atomic mass is 32.2. The highest BCUT2D eigenvalue weighted by molar-refractivity contribution is 8.00. The lowest BCUT2D eigenvalue weighted by Crippen LogP contribution is -2.30. The van der Waals surface area contributed by atoms with Crippen LogP contribution >= 0.6 is 23.5 Å². The predicted molar refractivity (Wildman–Crippen MR) is 134 cm³/mol. The zero-order valence-electron chi connectivity index (χ0n) is 18.3. The summed E-state index contributed by atoms with van der Waals surface area (Å²) in [6.07, 6.45) is 2.94. The van der Waals surface area contributed by atoms with Crippen molar-refractivity contribution < 1.29 is 9.59 Å². The van der Waals surface area contributed by atoms with Crippen LogP contribution in [0.4, 0.5) is 5.69 Å². The second-order valence-corrected chi connectivity index (χ2v) is 9.62. The van der Waals surface area contributed by atoms with E-state index >= 15 is 0 Å². The first-order valence-electron chi connectivity index (χ1n) is 10.6. The molecule has 4 rings (SSSR count). The normalized spacial score (nSPS) is 12.5. The lowest BCUT2D eigenvalue weighted by atomic mass is 10.1. The smallest absolute Gasteiger partial charge is 0.255 e. The van der Waals surface area contributed by atoms with Crippen molar-refractivity contribution in [2.24, 2.45) is 0 Å². The SMILES string of the molecule is CSc1ccc(CN(C)C(=O)c2ccccc2SCC(=O)N2CCc3ccccc32)cc1. The van der Waals surface area contributed by atoms with Gasteiger partial charge in [-0.2, -0.15) is 0 Å². The zero-order chi connectivity index (χ0) is 22.5. The quantitative estimate of drug-likeness (QED) is 0.443. The highest BCUT2D eigenvalue weighted by Crippen LogP contribution is 2.30. The van der Waals surface area contributed by atoms with Gasteiger partial charge in [-0.1, -0.05) is 42.5 Å². The molecule has 1 aliphatic heterocycles. The van der Waals surface area contributed by atoms with Crippen LogP contribution in [0.5, 0.6) is 0 Å². The van der Waals surface area contributed by atoms with E-state index in [0.29, 0.717) is 17.9 Å². The van der Waals surface area contributed by atoms with Crippen molar-refractivity contribution in [1.29, 1.82) is 0 Å². The molecule has 0 saturated carbocycles. The molecule has 0 N–H and O–H groups in total. The fourth-order valence-electron chi connectivity index (χ4n) is 3.87. The largest absolute Gasteiger partial charge is 0.337 e. The van der Waals surface area contributed by atoms with E-state index in [1.807, 2.05) is 60.7 Å². The molecule has 4 nitrogen and oxygen atoms in total. The number of benzene rings is 3. The minimum Gasteiger partial charge on any atom is -0.337 e. The minimum atomic E-state index is -0.0407. The van der Waals surface area contributed by atoms with E-state index < -0.39 is 0 Å². The molecule has 0 unspecified atom stereocenters. The van der Waals surface area contributed by atoms with E-state index in [1.54, 1.807) is 16.7 Å². The van der Waals surface area contributed by atoms with Gasteiger partial charge in [0.2, 0.25) is 5.91 Å². The molecule has 1 heterocycles. The number of fused-ring (bicyclic) bond motifs is 1. The summed E-state index contributed by atoms with van der Waals surface area (Å²) in [5, 5.41) is 0. The van der Waals surface area contributed by atoms with Gasteiger partial charge < -0.3 is 9.80 Å². The Morgan fingerprint density at radius 2 is 1.69 bits per heavy atom. The number of nitrogens with zero attached hydrogens (tertiary/aromatic N) is 2. The first-order valence-corrected chi connectivity index (χ1v) is 12.8. The molecule has 1 aliphatic rings. The molecule has 2 amide bonds. The summed E-state index contributed by atoms with van der Waals surface area (Å²) in [7, 11) is 1.82. The van der Waals surface area contributed by atoms with Gasteiger partial charge in [-0.15, -0.1) is 23.5 Å². The molecule has 6 heteroatoms. The maximum atomic E-state index is 13.2. The van der Waals surface area contributed by atoms with Gasteiger partial charge >= 0.3 is 0 Å². The lowest BCUT2D eigenvalue weighted by molar-refractivity contribution is -0.116. The van der Waals surface area contributed by atoms with Crippen molar-refractivity contribution >= 4 is 41.0 Å². The molecule has 0 fully saturated rings. The molecular weight excluding hydrogens is 436 g/mol. The van der Waals surface area contributed by atoms with E-state index in [-0.39, 0.29) is 11.8 Å². The van der Waals surface area contributed by atoms with E-state index in [9.17, 15) is 9.59 Å². The van der Waals surface area contributed by atoms with E-state index in [1.165, 1.54) is 22.2 Å². The summed E-state index contributed by atoms with van der Waals surface area (Å²) in [4.78, 5) is 31.7. The number of anilines is 1. The average Bonchev–Trinajstić information content (AvgIpc) is 3.27. The van der Waals surface area contributed by atoms with Crippen molar-refractivity contribution in [2.45, 2.75) is 22.8 Å². The van der Waals surface area contributed by atoms with Crippen LogP contribution in [0.2, 0.25) is 0 Å². The van der Waals surface area contributed by atoms with Crippen LogP contribution in [-0.2, 0) is 17.8 Å². The van der Waals surface area contributed by atoms with E-state index in [2.05, 4.69) is 30.3 Å². The van der Waals surface area contributed by atoms with Gasteiger partial charge in [-0.05, 0) is 54.1 Å². The number of para-hydroxylation sites is 1. The molecule has 0 aromatic heterocycles. The second-order valence-electron chi connectivity index (χ2n) is 7.72. The Morgan fingerprint density at radius 3 is 2.47 bits per heavy atom. The van der Waals surface area contributed by atoms with Crippen molar-refractivity contribution in [3.63, 3.8) is 0 Å². The number of amides is 2. The number of carbonyl (C=O) groups is 2. The molecular formula is C26H26N2O2S2. The summed E-state index contributed by atoms with van der Waals surface area (Å²) < 4.78 is 0. The van der Waals surface area contributed by atoms with Crippen LogP contribution in [0.15, 0.2) is 82.6 Å². The van der Waals surface area contributed by atoms with Crippen LogP contribution in [0, 0.1) is 0 Å². The molecule has 0 bridgehead atoms. The summed E-state index contributed by atoms with van der Waals surface area (Å²) in [6, 6.07) is 23.9. The number of hydrogen-bond donors (Lipinski definition) is 0. The fraction of sp³-hybridized carbons (Fsp3) is 0.231. The topological polar surface area (TPSA) is 40.6 Å². The van der Waals surface area contributed by atoms with Crippen molar-refractivity contribution in [3.8, 4) is 0 Å². The summed E-state index contributed by atoms with van der Waals surface area (Å²) in [6.45, 7) is 1.26. The fourth-order valence-corrected chi connectivity index (χ4v) is 5.19. The van der Waals surface area contributed by atoms with Crippen LogP contribution in [0.25, 0.3) is 0 Å². The molecule has 0 saturated heterocycles. The molecule has 164 valence electrons. The second kappa shape index (κ2) is 10.3. The molecule has 0 aliphatic carbocycles. The van der Waals surface area contributed by atoms with Crippen molar-refractivity contribution in [1.82, 2.24) is 4.90 Å². The third-order valence-electron chi connectivity index (χ3n) is 5.58. The lowest BCUT2D eigenvalue weighted by Gasteiger charge is -2.20. The first-order chi connectivity index (χ1) is 15.6. The Bertz CT molecular complexity index is 1110. The first kappa shape index (κ1) is 22.5. The molecule has 32 heavy (non-hydrogen) atoms. The van der Waals surface area contributed by atoms with Gasteiger partial charge in [0.25, 0.3) is 5.91 Å². The molecule has 3 aromatic carbocycles. The summed E-state index contributed by atoms with van der Waals surface area (Å²) in [5.41, 5.74) is 3.95. The van der Waals surface area contributed by atoms with Gasteiger partial charge in [0.05, 0.1) is 11.3 Å². The van der Waals surface area contributed by atoms with Crippen molar-refractivity contribution in [2.75, 3.05) is 30.5 Å². The van der Waals surface area contributed by atoms with Crippen LogP contribution in [-0.4, -0.2) is 42.3 Å². The van der Waals surface area contributed by atoms with Gasteiger partial charge in [0.1, 0.15) is 0 Å². The predicted octanol–water partition coefficient (Wildman–Crippen LogP) is 5.36. The van der Waals surface area contributed by atoms with E-state index in [0.717, 1.165) is 29.1 Å². The monoisotopic (exact) mass is 462 g/mol. The maximum Gasteiger partial charge on any atom is 0.255 e. The van der Waals surface area contributed by atoms with Crippen LogP contribution in [0.1, 0.15) is 21.5 Å². The van der Waals surface area contributed by atoms with Crippen LogP contribution in [0.3, 0.4) is 0 Å². The minimum absolute atomic E-state index is 0.0407. The van der Waals surface area contributed by atoms with Gasteiger partial charge in [-0.25, -0.2) is 0 Å². The third-order valence-corrected chi connectivity index (χ3v) is 7.38. The molecule has 0 radical (unpaired) electrons. The summed E-state index contributed by atoms with van der Waals surface area (Å²) in [5.74, 6) is 0.337. The average molecular weight is 463 g/mol. The van der Waals surface area contributed by atoms with Crippen LogP contribution < -0.4 is 4.90 Å². The Kier molecular flexibility index (Phi) is 7.22. The van der Waals surface area contributed by atoms with Crippen molar-refractivity contribution in [3.05, 3.63) is 89.5 Å². The summed E-state index contributed by atoms with van der Waals surface area (Å²) >= 11 is 3.13. The number of hydrogen-bond acceptors (Lipinski definition) is 4. The van der Waals surface area contributed by atoms with Gasteiger partial charge in [0.15, 0.2) is 0 Å². The Balaban J connectivity index is 1.42. The Morgan fingerprint density at radius 1 is 0.969 bits per heavy atom. The molecule has 3 aromatic rings. The standard InChI is InChI=1S/C26H26N2O2S2/c1-27(17-19-11-13-21(31-2)14-12-19)26(30)22-8-4-6-10-24(22)32-18-25(29)28-16-15-20-7-3-5-9-23(20)28/h3-14H,15-18H2,1-2H3. The molecule has 0 atom stereocenters. The van der Waals surface area contributed by atoms with Gasteiger partial charge in [-0.3, -0.25) is 9.59 Å². The zero-order valence-corrected chi connectivity index (χ0v) is 19.9. The van der Waals surface area contributed by atoms with Gasteiger partial charge in [0, 0.05) is 35.6 Å². The Hall–Kier alpha value is -2.70. The number of carbonyl (C=O) groups excluding carboxylic acids is 2. The number of rotatable bonds is 7. The highest BCUT2D eigenvalue weighted by Gasteiger charge is 2.24. The van der Waals surface area contributed by atoms with E-state index in [4.69, 9.17) is 0 Å². The maximum absolute atomic E-state index is 13.2. The Labute approximate surface area is 198 Å². The third kappa shape index (κ3) is 5.03. The number of thioether (sulfide) groups is 2. The molecule has 0 spiro atoms.